The van der Waals surface area contributed by atoms with Crippen LogP contribution in [0, 0.1) is 0 Å². The van der Waals surface area contributed by atoms with Gasteiger partial charge in [-0.3, -0.25) is 9.69 Å². The summed E-state index contributed by atoms with van der Waals surface area (Å²) >= 11 is 0. The number of benzene rings is 2. The molecule has 5 heteroatoms. The third kappa shape index (κ3) is 2.95. The summed E-state index contributed by atoms with van der Waals surface area (Å²) in [4.78, 5) is 29.8. The van der Waals surface area contributed by atoms with Crippen molar-refractivity contribution in [3.05, 3.63) is 60.2 Å². The highest BCUT2D eigenvalue weighted by Crippen LogP contribution is 2.50. The fourth-order valence-electron chi connectivity index (χ4n) is 4.32. The Labute approximate surface area is 166 Å². The first-order chi connectivity index (χ1) is 13.6. The summed E-state index contributed by atoms with van der Waals surface area (Å²) in [6.07, 6.45) is 2.21. The fourth-order valence-corrected chi connectivity index (χ4v) is 4.32. The minimum Gasteiger partial charge on any atom is -0.336 e. The molecule has 1 unspecified atom stereocenters. The lowest BCUT2D eigenvalue weighted by Crippen LogP contribution is -2.52. The number of nitrogens with zero attached hydrogens (tertiary/aromatic N) is 2. The van der Waals surface area contributed by atoms with Crippen molar-refractivity contribution in [2.24, 2.45) is 0 Å². The van der Waals surface area contributed by atoms with Crippen molar-refractivity contribution in [3.8, 4) is 0 Å². The summed E-state index contributed by atoms with van der Waals surface area (Å²) in [6.45, 7) is 5.25. The lowest BCUT2D eigenvalue weighted by atomic mass is 9.73. The van der Waals surface area contributed by atoms with Gasteiger partial charge in [0.25, 0.3) is 0 Å². The van der Waals surface area contributed by atoms with Crippen LogP contribution in [-0.2, 0) is 10.2 Å². The Kier molecular flexibility index (Phi) is 4.84. The zero-order valence-corrected chi connectivity index (χ0v) is 16.5. The molecule has 2 heterocycles. The number of likely N-dealkylation sites (tertiary alicyclic amines) is 1. The number of carbonyl (C=O) groups excluding carboxylic acids is 2. The molecule has 0 saturated carbocycles. The summed E-state index contributed by atoms with van der Waals surface area (Å²) in [6, 6.07) is 18.0. The molecule has 5 nitrogen and oxygen atoms in total. The van der Waals surface area contributed by atoms with Crippen LogP contribution < -0.4 is 10.2 Å². The molecule has 2 aromatic carbocycles. The molecule has 3 amide bonds. The molecule has 0 aliphatic carbocycles. The monoisotopic (exact) mass is 377 g/mol. The van der Waals surface area contributed by atoms with Crippen LogP contribution in [0.3, 0.4) is 0 Å². The number of urea groups is 1. The Hall–Kier alpha value is -2.82. The summed E-state index contributed by atoms with van der Waals surface area (Å²) < 4.78 is 0. The number of hydrogen-bond acceptors (Lipinski definition) is 2. The highest BCUT2D eigenvalue weighted by Gasteiger charge is 2.52. The van der Waals surface area contributed by atoms with E-state index in [1.807, 2.05) is 65.3 Å². The Morgan fingerprint density at radius 3 is 2.39 bits per heavy atom. The summed E-state index contributed by atoms with van der Waals surface area (Å²) in [5.74, 6) is 0.127. The van der Waals surface area contributed by atoms with Gasteiger partial charge in [-0.2, -0.15) is 0 Å². The van der Waals surface area contributed by atoms with Gasteiger partial charge >= 0.3 is 6.03 Å². The van der Waals surface area contributed by atoms with E-state index in [1.165, 1.54) is 0 Å². The fraction of sp³-hybridized carbons (Fsp3) is 0.391. The lowest BCUT2D eigenvalue weighted by molar-refractivity contribution is -0.124. The maximum atomic E-state index is 13.6. The SMILES string of the molecule is CCC(C)NC(=O)N1CCC2(CC1)C(=O)N(c1ccccc1)c1ccccc12. The molecule has 146 valence electrons. The number of rotatable bonds is 3. The van der Waals surface area contributed by atoms with Crippen molar-refractivity contribution in [2.75, 3.05) is 18.0 Å². The minimum atomic E-state index is -0.542. The number of nitrogens with one attached hydrogen (secondary N) is 1. The Morgan fingerprint density at radius 2 is 1.71 bits per heavy atom. The molecule has 1 N–H and O–H groups in total. The van der Waals surface area contributed by atoms with Gasteiger partial charge in [-0.1, -0.05) is 43.3 Å². The first kappa shape index (κ1) is 18.5. The maximum Gasteiger partial charge on any atom is 0.317 e. The van der Waals surface area contributed by atoms with Crippen LogP contribution in [0.15, 0.2) is 54.6 Å². The lowest BCUT2D eigenvalue weighted by Gasteiger charge is -2.38. The van der Waals surface area contributed by atoms with E-state index in [0.29, 0.717) is 25.9 Å². The van der Waals surface area contributed by atoms with Crippen LogP contribution in [0.4, 0.5) is 16.2 Å². The molecule has 1 atom stereocenters. The number of piperidine rings is 1. The molecular weight excluding hydrogens is 350 g/mol. The molecule has 0 radical (unpaired) electrons. The smallest absolute Gasteiger partial charge is 0.317 e. The van der Waals surface area contributed by atoms with Crippen molar-refractivity contribution in [1.29, 1.82) is 0 Å². The third-order valence-electron chi connectivity index (χ3n) is 6.17. The van der Waals surface area contributed by atoms with Crippen molar-refractivity contribution < 1.29 is 9.59 Å². The molecule has 0 aromatic heterocycles. The molecule has 0 bridgehead atoms. The van der Waals surface area contributed by atoms with Gasteiger partial charge in [-0.05, 0) is 49.9 Å². The van der Waals surface area contributed by atoms with E-state index >= 15 is 0 Å². The summed E-state index contributed by atoms with van der Waals surface area (Å²) in [5, 5.41) is 3.03. The second-order valence-corrected chi connectivity index (χ2v) is 7.82. The second-order valence-electron chi connectivity index (χ2n) is 7.82. The molecule has 2 aliphatic rings. The van der Waals surface area contributed by atoms with Gasteiger partial charge in [0.2, 0.25) is 5.91 Å². The zero-order chi connectivity index (χ0) is 19.7. The van der Waals surface area contributed by atoms with Gasteiger partial charge in [-0.25, -0.2) is 4.79 Å². The number of carbonyl (C=O) groups is 2. The van der Waals surface area contributed by atoms with E-state index in [9.17, 15) is 9.59 Å². The van der Waals surface area contributed by atoms with E-state index in [-0.39, 0.29) is 18.0 Å². The quantitative estimate of drug-likeness (QED) is 0.871. The number of amides is 3. The summed E-state index contributed by atoms with van der Waals surface area (Å²) in [5.41, 5.74) is 2.41. The number of hydrogen-bond donors (Lipinski definition) is 1. The van der Waals surface area contributed by atoms with Crippen LogP contribution >= 0.6 is 0 Å². The molecule has 4 rings (SSSR count). The van der Waals surface area contributed by atoms with Gasteiger partial charge in [0.05, 0.1) is 11.1 Å². The standard InChI is InChI=1S/C23H27N3O2/c1-3-17(2)24-22(28)25-15-13-23(14-16-25)19-11-7-8-12-20(19)26(21(23)27)18-9-5-4-6-10-18/h4-12,17H,3,13-16H2,1-2H3,(H,24,28). The maximum absolute atomic E-state index is 13.6. The van der Waals surface area contributed by atoms with Gasteiger partial charge < -0.3 is 10.2 Å². The van der Waals surface area contributed by atoms with Crippen LogP contribution in [0.25, 0.3) is 0 Å². The molecule has 1 saturated heterocycles. The summed E-state index contributed by atoms with van der Waals surface area (Å²) in [7, 11) is 0. The van der Waals surface area contributed by atoms with E-state index in [4.69, 9.17) is 0 Å². The Morgan fingerprint density at radius 1 is 1.07 bits per heavy atom. The molecule has 2 aromatic rings. The first-order valence-corrected chi connectivity index (χ1v) is 10.1. The molecule has 2 aliphatic heterocycles. The first-order valence-electron chi connectivity index (χ1n) is 10.1. The van der Waals surface area contributed by atoms with Gasteiger partial charge in [0.1, 0.15) is 0 Å². The molecule has 1 spiro atoms. The van der Waals surface area contributed by atoms with E-state index in [0.717, 1.165) is 23.4 Å². The normalized spacial score (nSPS) is 18.9. The predicted octanol–water partition coefficient (Wildman–Crippen LogP) is 4.21. The van der Waals surface area contributed by atoms with Gasteiger partial charge in [-0.15, -0.1) is 0 Å². The van der Waals surface area contributed by atoms with Crippen LogP contribution in [0.5, 0.6) is 0 Å². The zero-order valence-electron chi connectivity index (χ0n) is 16.5. The predicted molar refractivity (Wildman–Crippen MR) is 111 cm³/mol. The minimum absolute atomic E-state index is 0.0251. The van der Waals surface area contributed by atoms with Crippen molar-refractivity contribution in [2.45, 2.75) is 44.6 Å². The van der Waals surface area contributed by atoms with Crippen LogP contribution in [0.1, 0.15) is 38.7 Å². The Balaban J connectivity index is 1.61. The average molecular weight is 377 g/mol. The van der Waals surface area contributed by atoms with Gasteiger partial charge in [0, 0.05) is 24.8 Å². The van der Waals surface area contributed by atoms with E-state index in [2.05, 4.69) is 18.3 Å². The van der Waals surface area contributed by atoms with Crippen molar-refractivity contribution >= 4 is 23.3 Å². The highest BCUT2D eigenvalue weighted by molar-refractivity contribution is 6.13. The average Bonchev–Trinajstić information content (AvgIpc) is 2.97. The molecule has 28 heavy (non-hydrogen) atoms. The van der Waals surface area contributed by atoms with Crippen molar-refractivity contribution in [3.63, 3.8) is 0 Å². The highest BCUT2D eigenvalue weighted by atomic mass is 16.2. The van der Waals surface area contributed by atoms with E-state index < -0.39 is 5.41 Å². The van der Waals surface area contributed by atoms with Gasteiger partial charge in [0.15, 0.2) is 0 Å². The van der Waals surface area contributed by atoms with Crippen molar-refractivity contribution in [1.82, 2.24) is 10.2 Å². The van der Waals surface area contributed by atoms with Crippen LogP contribution in [0.2, 0.25) is 0 Å². The molecule has 1 fully saturated rings. The number of para-hydroxylation sites is 2. The number of fused-ring (bicyclic) bond motifs is 2. The Bertz CT molecular complexity index is 872. The third-order valence-corrected chi connectivity index (χ3v) is 6.17. The topological polar surface area (TPSA) is 52.7 Å². The van der Waals surface area contributed by atoms with E-state index in [1.54, 1.807) is 0 Å². The number of anilines is 2. The molecular formula is C23H27N3O2. The van der Waals surface area contributed by atoms with Crippen LogP contribution in [-0.4, -0.2) is 36.0 Å². The second kappa shape index (κ2) is 7.30. The largest absolute Gasteiger partial charge is 0.336 e.